The van der Waals surface area contributed by atoms with Crippen LogP contribution in [-0.2, 0) is 10.0 Å². The van der Waals surface area contributed by atoms with Gasteiger partial charge in [0.15, 0.2) is 0 Å². The fourth-order valence-corrected chi connectivity index (χ4v) is 5.13. The minimum Gasteiger partial charge on any atom is -0.494 e. The maximum absolute atomic E-state index is 12.5. The first kappa shape index (κ1) is 22.2. The highest BCUT2D eigenvalue weighted by Crippen LogP contribution is 2.33. The lowest BCUT2D eigenvalue weighted by Crippen LogP contribution is -2.42. The van der Waals surface area contributed by atoms with Gasteiger partial charge in [0.1, 0.15) is 5.75 Å². The summed E-state index contributed by atoms with van der Waals surface area (Å²) in [4.78, 5) is 4.21. The molecule has 160 valence electrons. The Morgan fingerprint density at radius 2 is 1.90 bits per heavy atom. The van der Waals surface area contributed by atoms with Crippen LogP contribution in [0.4, 0.5) is 5.69 Å². The molecule has 0 amide bonds. The summed E-state index contributed by atoms with van der Waals surface area (Å²) in [6, 6.07) is 14.9. The Hall–Kier alpha value is -2.51. The second-order valence-corrected chi connectivity index (χ2v) is 9.86. The molecule has 0 N–H and O–H groups in total. The van der Waals surface area contributed by atoms with Gasteiger partial charge in [-0.25, -0.2) is 13.4 Å². The van der Waals surface area contributed by atoms with E-state index in [0.717, 1.165) is 22.8 Å². The molecule has 1 fully saturated rings. The molecule has 0 radical (unpaired) electrons. The van der Waals surface area contributed by atoms with Crippen molar-refractivity contribution in [3.63, 3.8) is 0 Å². The van der Waals surface area contributed by atoms with E-state index >= 15 is 0 Å². The van der Waals surface area contributed by atoms with Crippen molar-refractivity contribution < 1.29 is 13.2 Å². The Balaban J connectivity index is 0.000000310. The van der Waals surface area contributed by atoms with Crippen LogP contribution in [0, 0.1) is 6.92 Å². The molecule has 1 unspecified atom stereocenters. The van der Waals surface area contributed by atoms with Crippen LogP contribution in [0.25, 0.3) is 5.69 Å². The molecule has 0 aliphatic carbocycles. The number of hydrogen-bond acceptors (Lipinski definition) is 4. The van der Waals surface area contributed by atoms with E-state index in [9.17, 15) is 8.42 Å². The Kier molecular flexibility index (Phi) is 7.05. The van der Waals surface area contributed by atoms with Crippen molar-refractivity contribution in [2.75, 3.05) is 18.0 Å². The molecule has 1 aliphatic heterocycles. The lowest BCUT2D eigenvalue weighted by Gasteiger charge is -2.32. The Morgan fingerprint density at radius 3 is 2.47 bits per heavy atom. The third-order valence-corrected chi connectivity index (χ3v) is 7.47. The van der Waals surface area contributed by atoms with Crippen molar-refractivity contribution in [1.82, 2.24) is 9.55 Å². The topological polar surface area (TPSA) is 64.4 Å². The number of imidazole rings is 1. The molecule has 2 aromatic carbocycles. The number of aryl methyl sites for hydroxylation is 1. The maximum atomic E-state index is 12.5. The molecule has 1 saturated heterocycles. The normalized spacial score (nSPS) is 17.7. The van der Waals surface area contributed by atoms with Crippen LogP contribution >= 0.6 is 11.6 Å². The number of halogens is 1. The first-order valence-corrected chi connectivity index (χ1v) is 11.6. The summed E-state index contributed by atoms with van der Waals surface area (Å²) in [7, 11) is -1.71. The molecule has 0 spiro atoms. The van der Waals surface area contributed by atoms with Gasteiger partial charge in [0.2, 0.25) is 10.0 Å². The molecule has 0 bridgehead atoms. The van der Waals surface area contributed by atoms with E-state index < -0.39 is 10.0 Å². The van der Waals surface area contributed by atoms with Crippen molar-refractivity contribution in [3.05, 3.63) is 71.8 Å². The number of sulfonamides is 1. The fraction of sp³-hybridized carbons (Fsp3) is 0.318. The molecule has 3 aromatic rings. The van der Waals surface area contributed by atoms with E-state index in [1.807, 2.05) is 60.2 Å². The van der Waals surface area contributed by atoms with Crippen LogP contribution < -0.4 is 9.04 Å². The van der Waals surface area contributed by atoms with E-state index in [2.05, 4.69) is 4.98 Å². The van der Waals surface area contributed by atoms with Crippen molar-refractivity contribution in [3.8, 4) is 11.4 Å². The summed E-state index contributed by atoms with van der Waals surface area (Å²) in [5, 5.41) is 0.445. The summed E-state index contributed by atoms with van der Waals surface area (Å²) in [6.07, 6.45) is 5.19. The quantitative estimate of drug-likeness (QED) is 0.575. The van der Waals surface area contributed by atoms with Crippen LogP contribution in [0.2, 0.25) is 5.02 Å². The van der Waals surface area contributed by atoms with Gasteiger partial charge in [-0.2, -0.15) is 0 Å². The zero-order valence-electron chi connectivity index (χ0n) is 17.3. The van der Waals surface area contributed by atoms with Crippen molar-refractivity contribution >= 4 is 27.3 Å². The Labute approximate surface area is 183 Å². The van der Waals surface area contributed by atoms with E-state index in [1.54, 1.807) is 26.4 Å². The molecule has 0 saturated carbocycles. The van der Waals surface area contributed by atoms with Crippen molar-refractivity contribution in [2.45, 2.75) is 31.9 Å². The van der Waals surface area contributed by atoms with Gasteiger partial charge < -0.3 is 9.30 Å². The minimum atomic E-state index is -3.30. The highest BCUT2D eigenvalue weighted by Gasteiger charge is 2.33. The predicted octanol–water partition coefficient (Wildman–Crippen LogP) is 4.85. The number of benzene rings is 2. The fourth-order valence-electron chi connectivity index (χ4n) is 3.29. The zero-order chi connectivity index (χ0) is 21.7. The predicted molar refractivity (Wildman–Crippen MR) is 121 cm³/mol. The van der Waals surface area contributed by atoms with Crippen LogP contribution in [-0.4, -0.2) is 36.9 Å². The average Bonchev–Trinajstić information content (AvgIpc) is 3.17. The van der Waals surface area contributed by atoms with E-state index in [1.165, 1.54) is 4.31 Å². The molecule has 1 atom stereocenters. The first-order chi connectivity index (χ1) is 14.3. The first-order valence-electron chi connectivity index (χ1n) is 9.74. The number of hydrogen-bond donors (Lipinski definition) is 0. The molecular weight excluding hydrogens is 422 g/mol. The lowest BCUT2D eigenvalue weighted by atomic mass is 10.2. The molecule has 6 nitrogen and oxygen atoms in total. The average molecular weight is 448 g/mol. The summed E-state index contributed by atoms with van der Waals surface area (Å²) >= 11 is 5.54. The molecule has 1 aliphatic rings. The third-order valence-electron chi connectivity index (χ3n) is 4.96. The van der Waals surface area contributed by atoms with E-state index in [0.29, 0.717) is 24.4 Å². The second kappa shape index (κ2) is 9.53. The number of nitrogens with zero attached hydrogens (tertiary/aromatic N) is 3. The molecule has 30 heavy (non-hydrogen) atoms. The third kappa shape index (κ3) is 4.96. The maximum Gasteiger partial charge on any atom is 0.237 e. The van der Waals surface area contributed by atoms with Crippen LogP contribution in [0.15, 0.2) is 61.1 Å². The number of aromatic nitrogens is 2. The Morgan fingerprint density at radius 1 is 1.17 bits per heavy atom. The van der Waals surface area contributed by atoms with Gasteiger partial charge in [0.05, 0.1) is 35.8 Å². The van der Waals surface area contributed by atoms with Crippen LogP contribution in [0.3, 0.4) is 0 Å². The summed E-state index contributed by atoms with van der Waals surface area (Å²) in [5.74, 6) is 0.619. The SMILES string of the molecule is COc1cc(N2CCCC(C)S2(=O)=O)ccc1-n1cnc(C)c1.Clc1ccccc1. The lowest BCUT2D eigenvalue weighted by molar-refractivity contribution is 0.413. The van der Waals surface area contributed by atoms with Crippen molar-refractivity contribution in [2.24, 2.45) is 0 Å². The van der Waals surface area contributed by atoms with Crippen LogP contribution in [0.1, 0.15) is 25.5 Å². The number of anilines is 1. The van der Waals surface area contributed by atoms with Gasteiger partial charge in [0.25, 0.3) is 0 Å². The minimum absolute atomic E-state index is 0.349. The van der Waals surface area contributed by atoms with Crippen molar-refractivity contribution in [1.29, 1.82) is 0 Å². The van der Waals surface area contributed by atoms with Gasteiger partial charge in [-0.3, -0.25) is 4.31 Å². The molecule has 8 heteroatoms. The van der Waals surface area contributed by atoms with Crippen LogP contribution in [0.5, 0.6) is 5.75 Å². The van der Waals surface area contributed by atoms with Gasteiger partial charge >= 0.3 is 0 Å². The number of ether oxygens (including phenoxy) is 1. The monoisotopic (exact) mass is 447 g/mol. The molecule has 2 heterocycles. The summed E-state index contributed by atoms with van der Waals surface area (Å²) < 4.78 is 33.9. The highest BCUT2D eigenvalue weighted by molar-refractivity contribution is 7.93. The highest BCUT2D eigenvalue weighted by atomic mass is 35.5. The molecule has 1 aromatic heterocycles. The van der Waals surface area contributed by atoms with Gasteiger partial charge in [-0.1, -0.05) is 29.8 Å². The summed E-state index contributed by atoms with van der Waals surface area (Å²) in [5.41, 5.74) is 2.39. The second-order valence-electron chi connectivity index (χ2n) is 7.14. The van der Waals surface area contributed by atoms with E-state index in [-0.39, 0.29) is 5.25 Å². The van der Waals surface area contributed by atoms with Gasteiger partial charge in [-0.05, 0) is 51.0 Å². The number of rotatable bonds is 3. The van der Waals surface area contributed by atoms with Gasteiger partial charge in [0, 0.05) is 23.8 Å². The molecular formula is C22H26ClN3O3S. The standard InChI is InChI=1S/C16H21N3O3S.C6H5Cl/c1-12-10-18(11-17-12)15-7-6-14(9-16(15)22-3)19-8-4-5-13(2)23(19,20)21;7-6-4-2-1-3-5-6/h6-7,9-11,13H,4-5,8H2,1-3H3;1-5H. The smallest absolute Gasteiger partial charge is 0.237 e. The number of methoxy groups -OCH3 is 1. The van der Waals surface area contributed by atoms with Gasteiger partial charge in [-0.15, -0.1) is 0 Å². The largest absolute Gasteiger partial charge is 0.494 e. The molecule has 4 rings (SSSR count). The Bertz CT molecular complexity index is 1080. The zero-order valence-corrected chi connectivity index (χ0v) is 18.9. The van der Waals surface area contributed by atoms with E-state index in [4.69, 9.17) is 16.3 Å². The summed E-state index contributed by atoms with van der Waals surface area (Å²) in [6.45, 7) is 4.19.